The summed E-state index contributed by atoms with van der Waals surface area (Å²) in [7, 11) is 0. The Morgan fingerprint density at radius 2 is 1.73 bits per heavy atom. The maximum atomic E-state index is 3.80. The van der Waals surface area contributed by atoms with Gasteiger partial charge in [-0.05, 0) is 42.7 Å². The van der Waals surface area contributed by atoms with Crippen molar-refractivity contribution in [3.63, 3.8) is 0 Å². The highest BCUT2D eigenvalue weighted by Gasteiger charge is 2.20. The van der Waals surface area contributed by atoms with Gasteiger partial charge in [-0.3, -0.25) is 4.90 Å². The summed E-state index contributed by atoms with van der Waals surface area (Å²) in [6, 6.07) is 20.4. The van der Waals surface area contributed by atoms with Crippen molar-refractivity contribution in [2.24, 2.45) is 0 Å². The first-order valence-electron chi connectivity index (χ1n) is 11.4. The second-order valence-corrected chi connectivity index (χ2v) is 8.63. The second-order valence-electron chi connectivity index (χ2n) is 8.63. The lowest BCUT2D eigenvalue weighted by molar-refractivity contribution is 0.235. The summed E-state index contributed by atoms with van der Waals surface area (Å²) in [5.41, 5.74) is 5.00. The van der Waals surface area contributed by atoms with Crippen molar-refractivity contribution < 1.29 is 0 Å². The van der Waals surface area contributed by atoms with E-state index in [2.05, 4.69) is 80.0 Å². The van der Waals surface area contributed by atoms with Gasteiger partial charge in [0.15, 0.2) is 0 Å². The number of aromatic nitrogens is 1. The number of anilines is 1. The molecule has 2 saturated heterocycles. The molecule has 5 nitrogen and oxygen atoms in total. The highest BCUT2D eigenvalue weighted by molar-refractivity contribution is 5.86. The van der Waals surface area contributed by atoms with Crippen LogP contribution in [0.3, 0.4) is 0 Å². The predicted molar refractivity (Wildman–Crippen MR) is 126 cm³/mol. The Labute approximate surface area is 179 Å². The number of H-pyrrole nitrogens is 1. The molecule has 0 radical (unpaired) electrons. The maximum Gasteiger partial charge on any atom is 0.0465 e. The molecule has 3 heterocycles. The SMILES string of the molecule is c1cc(-c2cc3ccccc3[nH]2)cc(N2CCC(NCCN3CCNCC3)CC2)c1. The molecule has 3 N–H and O–H groups in total. The number of piperazine rings is 1. The van der Waals surface area contributed by atoms with Crippen LogP contribution in [-0.2, 0) is 0 Å². The van der Waals surface area contributed by atoms with E-state index in [1.165, 1.54) is 60.3 Å². The van der Waals surface area contributed by atoms with Crippen molar-refractivity contribution in [1.82, 2.24) is 20.5 Å². The molecule has 0 bridgehead atoms. The first-order chi connectivity index (χ1) is 14.8. The molecule has 0 spiro atoms. The van der Waals surface area contributed by atoms with E-state index in [1.54, 1.807) is 0 Å². The number of hydrogen-bond donors (Lipinski definition) is 3. The number of aromatic amines is 1. The molecule has 5 rings (SSSR count). The van der Waals surface area contributed by atoms with Gasteiger partial charge in [-0.1, -0.05) is 30.3 Å². The number of benzene rings is 2. The van der Waals surface area contributed by atoms with Crippen LogP contribution in [0, 0.1) is 0 Å². The lowest BCUT2D eigenvalue weighted by Gasteiger charge is -2.35. The highest BCUT2D eigenvalue weighted by atomic mass is 15.2. The van der Waals surface area contributed by atoms with Gasteiger partial charge in [-0.2, -0.15) is 0 Å². The summed E-state index contributed by atoms with van der Waals surface area (Å²) in [5.74, 6) is 0. The molecule has 2 aliphatic rings. The van der Waals surface area contributed by atoms with Crippen LogP contribution in [0.15, 0.2) is 54.6 Å². The van der Waals surface area contributed by atoms with Crippen LogP contribution in [0.1, 0.15) is 12.8 Å². The largest absolute Gasteiger partial charge is 0.371 e. The molecular formula is C25H33N5. The maximum absolute atomic E-state index is 3.80. The van der Waals surface area contributed by atoms with E-state index in [1.807, 2.05) is 0 Å². The Kier molecular flexibility index (Phi) is 6.02. The average Bonchev–Trinajstić information content (AvgIpc) is 3.25. The third-order valence-corrected chi connectivity index (χ3v) is 6.62. The molecule has 0 amide bonds. The van der Waals surface area contributed by atoms with Gasteiger partial charge in [0.1, 0.15) is 0 Å². The van der Waals surface area contributed by atoms with Crippen LogP contribution in [0.2, 0.25) is 0 Å². The fourth-order valence-electron chi connectivity index (χ4n) is 4.80. The second kappa shape index (κ2) is 9.21. The molecule has 30 heavy (non-hydrogen) atoms. The van der Waals surface area contributed by atoms with E-state index in [0.29, 0.717) is 6.04 Å². The number of piperidine rings is 1. The van der Waals surface area contributed by atoms with Gasteiger partial charge in [-0.25, -0.2) is 0 Å². The van der Waals surface area contributed by atoms with Crippen molar-refractivity contribution in [3.05, 3.63) is 54.6 Å². The summed E-state index contributed by atoms with van der Waals surface area (Å²) < 4.78 is 0. The molecular weight excluding hydrogens is 370 g/mol. The Morgan fingerprint density at radius 3 is 2.57 bits per heavy atom. The fourth-order valence-corrected chi connectivity index (χ4v) is 4.80. The van der Waals surface area contributed by atoms with Crippen molar-refractivity contribution >= 4 is 16.6 Å². The van der Waals surface area contributed by atoms with E-state index in [4.69, 9.17) is 0 Å². The first-order valence-corrected chi connectivity index (χ1v) is 11.4. The minimum absolute atomic E-state index is 0.654. The molecule has 5 heteroatoms. The number of hydrogen-bond acceptors (Lipinski definition) is 4. The van der Waals surface area contributed by atoms with Crippen LogP contribution in [0.5, 0.6) is 0 Å². The lowest BCUT2D eigenvalue weighted by Crippen LogP contribution is -2.48. The Bertz CT molecular complexity index is 918. The van der Waals surface area contributed by atoms with Crippen LogP contribution < -0.4 is 15.5 Å². The standard InChI is InChI=1S/C25H33N5/c1-2-7-24-21(4-1)19-25(28-24)20-5-3-6-23(18-20)30-13-8-22(9-14-30)27-12-17-29-15-10-26-11-16-29/h1-7,18-19,22,26-28H,8-17H2. The van der Waals surface area contributed by atoms with Crippen LogP contribution in [0.4, 0.5) is 5.69 Å². The molecule has 2 fully saturated rings. The van der Waals surface area contributed by atoms with Crippen molar-refractivity contribution in [1.29, 1.82) is 0 Å². The van der Waals surface area contributed by atoms with E-state index in [9.17, 15) is 0 Å². The first kappa shape index (κ1) is 19.6. The van der Waals surface area contributed by atoms with Gasteiger partial charge in [0.05, 0.1) is 0 Å². The molecule has 0 atom stereocenters. The van der Waals surface area contributed by atoms with Gasteiger partial charge in [-0.15, -0.1) is 0 Å². The average molecular weight is 404 g/mol. The van der Waals surface area contributed by atoms with E-state index < -0.39 is 0 Å². The van der Waals surface area contributed by atoms with Crippen molar-refractivity contribution in [3.8, 4) is 11.3 Å². The zero-order chi connectivity index (χ0) is 20.2. The predicted octanol–water partition coefficient (Wildman–Crippen LogP) is 3.30. The third kappa shape index (κ3) is 4.53. The Balaban J connectivity index is 1.16. The Morgan fingerprint density at radius 1 is 0.900 bits per heavy atom. The van der Waals surface area contributed by atoms with Crippen LogP contribution >= 0.6 is 0 Å². The normalized spacial score (nSPS) is 18.9. The smallest absolute Gasteiger partial charge is 0.0465 e. The molecule has 2 aliphatic heterocycles. The molecule has 0 aliphatic carbocycles. The number of rotatable bonds is 6. The zero-order valence-corrected chi connectivity index (χ0v) is 17.7. The number of nitrogens with one attached hydrogen (secondary N) is 3. The molecule has 158 valence electrons. The summed E-state index contributed by atoms with van der Waals surface area (Å²) in [4.78, 5) is 8.67. The monoisotopic (exact) mass is 403 g/mol. The summed E-state index contributed by atoms with van der Waals surface area (Å²) >= 11 is 0. The van der Waals surface area contributed by atoms with E-state index in [0.717, 1.165) is 32.7 Å². The summed E-state index contributed by atoms with van der Waals surface area (Å²) in [6.07, 6.45) is 2.44. The van der Waals surface area contributed by atoms with Crippen molar-refractivity contribution in [2.75, 3.05) is 57.3 Å². The molecule has 3 aromatic rings. The van der Waals surface area contributed by atoms with Crippen LogP contribution in [0.25, 0.3) is 22.2 Å². The van der Waals surface area contributed by atoms with Gasteiger partial charge in [0, 0.05) is 80.7 Å². The third-order valence-electron chi connectivity index (χ3n) is 6.62. The summed E-state index contributed by atoms with van der Waals surface area (Å²) in [6.45, 7) is 9.18. The topological polar surface area (TPSA) is 46.3 Å². The number of nitrogens with zero attached hydrogens (tertiary/aromatic N) is 2. The molecule has 2 aromatic carbocycles. The fraction of sp³-hybridized carbons (Fsp3) is 0.440. The Hall–Kier alpha value is -2.34. The van der Waals surface area contributed by atoms with E-state index >= 15 is 0 Å². The highest BCUT2D eigenvalue weighted by Crippen LogP contribution is 2.28. The molecule has 0 unspecified atom stereocenters. The zero-order valence-electron chi connectivity index (χ0n) is 17.7. The lowest BCUT2D eigenvalue weighted by atomic mass is 10.0. The number of para-hydroxylation sites is 1. The van der Waals surface area contributed by atoms with Gasteiger partial charge in [0.2, 0.25) is 0 Å². The molecule has 0 saturated carbocycles. The van der Waals surface area contributed by atoms with Gasteiger partial charge in [0.25, 0.3) is 0 Å². The minimum Gasteiger partial charge on any atom is -0.371 e. The van der Waals surface area contributed by atoms with Gasteiger partial charge >= 0.3 is 0 Å². The van der Waals surface area contributed by atoms with Crippen LogP contribution in [-0.4, -0.2) is 68.3 Å². The quantitative estimate of drug-likeness (QED) is 0.591. The number of fused-ring (bicyclic) bond motifs is 1. The minimum atomic E-state index is 0.654. The summed E-state index contributed by atoms with van der Waals surface area (Å²) in [5, 5.41) is 8.49. The van der Waals surface area contributed by atoms with E-state index in [-0.39, 0.29) is 0 Å². The van der Waals surface area contributed by atoms with Crippen molar-refractivity contribution in [2.45, 2.75) is 18.9 Å². The van der Waals surface area contributed by atoms with Gasteiger partial charge < -0.3 is 20.5 Å². The molecule has 1 aromatic heterocycles.